The molecule has 0 aliphatic carbocycles. The number of hydrogen-bond donors (Lipinski definition) is 3. The highest BCUT2D eigenvalue weighted by molar-refractivity contribution is 7.88. The number of anilines is 2. The van der Waals surface area contributed by atoms with Gasteiger partial charge in [0, 0.05) is 29.7 Å². The summed E-state index contributed by atoms with van der Waals surface area (Å²) in [5.74, 6) is -0.553. The molecule has 3 N–H and O–H groups in total. The van der Waals surface area contributed by atoms with Crippen molar-refractivity contribution < 1.29 is 18.0 Å². The van der Waals surface area contributed by atoms with E-state index >= 15 is 0 Å². The van der Waals surface area contributed by atoms with Crippen LogP contribution in [0.2, 0.25) is 5.02 Å². The molecule has 0 aromatic heterocycles. The lowest BCUT2D eigenvalue weighted by atomic mass is 10.0. The number of carbonyl (C=O) groups is 2. The fourth-order valence-electron chi connectivity index (χ4n) is 2.42. The van der Waals surface area contributed by atoms with E-state index < -0.39 is 16.1 Å². The molecule has 0 heterocycles. The molecule has 144 valence electrons. The van der Waals surface area contributed by atoms with E-state index in [-0.39, 0.29) is 18.2 Å². The number of carbonyl (C=O) groups excluding carboxylic acids is 2. The van der Waals surface area contributed by atoms with Gasteiger partial charge in [0.05, 0.1) is 12.3 Å². The lowest BCUT2D eigenvalue weighted by molar-refractivity contribution is -0.116. The monoisotopic (exact) mass is 409 g/mol. The van der Waals surface area contributed by atoms with Crippen molar-refractivity contribution in [1.29, 1.82) is 0 Å². The van der Waals surface area contributed by atoms with Gasteiger partial charge in [-0.15, -0.1) is 0 Å². The van der Waals surface area contributed by atoms with Crippen LogP contribution in [0.15, 0.2) is 48.5 Å². The zero-order valence-corrected chi connectivity index (χ0v) is 16.4. The van der Waals surface area contributed by atoms with Crippen LogP contribution in [0.5, 0.6) is 0 Å². The predicted molar refractivity (Wildman–Crippen MR) is 106 cm³/mol. The van der Waals surface area contributed by atoms with Gasteiger partial charge in [0.15, 0.2) is 0 Å². The van der Waals surface area contributed by atoms with Crippen LogP contribution in [-0.4, -0.2) is 26.5 Å². The Morgan fingerprint density at radius 1 is 0.963 bits per heavy atom. The number of rotatable bonds is 7. The lowest BCUT2D eigenvalue weighted by Crippen LogP contribution is -2.30. The van der Waals surface area contributed by atoms with Gasteiger partial charge in [0.25, 0.3) is 0 Å². The number of sulfonamides is 1. The molecule has 0 radical (unpaired) electrons. The first kappa shape index (κ1) is 20.9. The molecule has 0 aliphatic heterocycles. The first-order chi connectivity index (χ1) is 12.6. The second kappa shape index (κ2) is 8.98. The van der Waals surface area contributed by atoms with E-state index in [2.05, 4.69) is 15.4 Å². The van der Waals surface area contributed by atoms with Crippen LogP contribution in [0, 0.1) is 0 Å². The van der Waals surface area contributed by atoms with Gasteiger partial charge in [-0.2, -0.15) is 0 Å². The molecule has 9 heteroatoms. The highest BCUT2D eigenvalue weighted by atomic mass is 35.5. The second-order valence-corrected chi connectivity index (χ2v) is 8.22. The number of nitrogens with one attached hydrogen (secondary N) is 3. The smallest absolute Gasteiger partial charge is 0.226 e. The van der Waals surface area contributed by atoms with Gasteiger partial charge in [-0.25, -0.2) is 13.1 Å². The van der Waals surface area contributed by atoms with Gasteiger partial charge < -0.3 is 10.6 Å². The van der Waals surface area contributed by atoms with Crippen LogP contribution in [0.1, 0.15) is 24.9 Å². The number of halogens is 1. The minimum Gasteiger partial charge on any atom is -0.326 e. The average molecular weight is 410 g/mol. The molecule has 1 atom stereocenters. The van der Waals surface area contributed by atoms with E-state index in [0.717, 1.165) is 6.26 Å². The standard InChI is InChI=1S/C18H20ClN3O4S/c1-12(23)20-15-7-9-16(10-8-15)21-18(24)11-17(22-27(2,25)26)13-3-5-14(19)6-4-13/h3-10,17,22H,11H2,1-2H3,(H,20,23)(H,21,24). The fraction of sp³-hybridized carbons (Fsp3) is 0.222. The third kappa shape index (κ3) is 7.38. The lowest BCUT2D eigenvalue weighted by Gasteiger charge is -2.18. The van der Waals surface area contributed by atoms with Gasteiger partial charge in [0.2, 0.25) is 21.8 Å². The van der Waals surface area contributed by atoms with Gasteiger partial charge >= 0.3 is 0 Å². The van der Waals surface area contributed by atoms with E-state index in [9.17, 15) is 18.0 Å². The molecule has 0 fully saturated rings. The summed E-state index contributed by atoms with van der Waals surface area (Å²) >= 11 is 5.86. The summed E-state index contributed by atoms with van der Waals surface area (Å²) in [5, 5.41) is 5.85. The van der Waals surface area contributed by atoms with Crippen LogP contribution >= 0.6 is 11.6 Å². The Morgan fingerprint density at radius 2 is 1.48 bits per heavy atom. The molecule has 0 saturated carbocycles. The van der Waals surface area contributed by atoms with Crippen LogP contribution in [0.25, 0.3) is 0 Å². The van der Waals surface area contributed by atoms with Gasteiger partial charge in [-0.3, -0.25) is 9.59 Å². The fourth-order valence-corrected chi connectivity index (χ4v) is 3.28. The van der Waals surface area contributed by atoms with Gasteiger partial charge in [0.1, 0.15) is 0 Å². The molecule has 2 rings (SSSR count). The van der Waals surface area contributed by atoms with Crippen molar-refractivity contribution in [2.75, 3.05) is 16.9 Å². The largest absolute Gasteiger partial charge is 0.326 e. The molecule has 0 saturated heterocycles. The SMILES string of the molecule is CC(=O)Nc1ccc(NC(=O)CC(NS(C)(=O)=O)c2ccc(Cl)cc2)cc1. The molecule has 0 bridgehead atoms. The third-order valence-electron chi connectivity index (χ3n) is 3.51. The molecule has 2 amide bonds. The Labute approximate surface area is 163 Å². The minimum atomic E-state index is -3.52. The van der Waals surface area contributed by atoms with E-state index in [1.54, 1.807) is 48.5 Å². The van der Waals surface area contributed by atoms with Crippen LogP contribution in [0.4, 0.5) is 11.4 Å². The molecule has 27 heavy (non-hydrogen) atoms. The van der Waals surface area contributed by atoms with Crippen LogP contribution in [-0.2, 0) is 19.6 Å². The Morgan fingerprint density at radius 3 is 1.96 bits per heavy atom. The summed E-state index contributed by atoms with van der Waals surface area (Å²) in [6, 6.07) is 12.5. The number of amides is 2. The zero-order valence-electron chi connectivity index (χ0n) is 14.8. The minimum absolute atomic E-state index is 0.0951. The maximum Gasteiger partial charge on any atom is 0.226 e. The van der Waals surface area contributed by atoms with Gasteiger partial charge in [-0.1, -0.05) is 23.7 Å². The van der Waals surface area contributed by atoms with Crippen molar-refractivity contribution in [2.45, 2.75) is 19.4 Å². The van der Waals surface area contributed by atoms with Crippen molar-refractivity contribution >= 4 is 44.8 Å². The van der Waals surface area contributed by atoms with Crippen molar-refractivity contribution in [3.05, 3.63) is 59.1 Å². The zero-order chi connectivity index (χ0) is 20.0. The molecule has 1 unspecified atom stereocenters. The van der Waals surface area contributed by atoms with E-state index in [0.29, 0.717) is 22.0 Å². The quantitative estimate of drug-likeness (QED) is 0.653. The maximum absolute atomic E-state index is 12.4. The molecular formula is C18H20ClN3O4S. The second-order valence-electron chi connectivity index (χ2n) is 6.00. The van der Waals surface area contributed by atoms with E-state index in [4.69, 9.17) is 11.6 Å². The Balaban J connectivity index is 2.08. The molecule has 2 aromatic carbocycles. The molecular weight excluding hydrogens is 390 g/mol. The maximum atomic E-state index is 12.4. The van der Waals surface area contributed by atoms with Crippen molar-refractivity contribution in [3.8, 4) is 0 Å². The number of benzene rings is 2. The highest BCUT2D eigenvalue weighted by Crippen LogP contribution is 2.21. The summed E-state index contributed by atoms with van der Waals surface area (Å²) in [7, 11) is -3.52. The first-order valence-corrected chi connectivity index (χ1v) is 10.3. The Bertz CT molecular complexity index is 913. The van der Waals surface area contributed by atoms with Crippen LogP contribution in [0.3, 0.4) is 0 Å². The topological polar surface area (TPSA) is 104 Å². The normalized spacial score (nSPS) is 12.3. The summed E-state index contributed by atoms with van der Waals surface area (Å²) < 4.78 is 25.7. The third-order valence-corrected chi connectivity index (χ3v) is 4.47. The van der Waals surface area contributed by atoms with Gasteiger partial charge in [-0.05, 0) is 42.0 Å². The Kier molecular flexibility index (Phi) is 6.95. The van der Waals surface area contributed by atoms with E-state index in [1.807, 2.05) is 0 Å². The molecule has 0 aliphatic rings. The molecule has 2 aromatic rings. The highest BCUT2D eigenvalue weighted by Gasteiger charge is 2.20. The van der Waals surface area contributed by atoms with E-state index in [1.165, 1.54) is 6.92 Å². The van der Waals surface area contributed by atoms with Crippen molar-refractivity contribution in [2.24, 2.45) is 0 Å². The first-order valence-electron chi connectivity index (χ1n) is 8.02. The summed E-state index contributed by atoms with van der Waals surface area (Å²) in [4.78, 5) is 23.4. The van der Waals surface area contributed by atoms with Crippen molar-refractivity contribution in [1.82, 2.24) is 4.72 Å². The summed E-state index contributed by atoms with van der Waals surface area (Å²) in [6.07, 6.45) is 0.941. The summed E-state index contributed by atoms with van der Waals surface area (Å²) in [6.45, 7) is 1.40. The Hall–Kier alpha value is -2.42. The molecule has 7 nitrogen and oxygen atoms in total. The van der Waals surface area contributed by atoms with Crippen molar-refractivity contribution in [3.63, 3.8) is 0 Å². The average Bonchev–Trinajstić information content (AvgIpc) is 2.55. The summed E-state index contributed by atoms with van der Waals surface area (Å²) in [5.41, 5.74) is 1.77. The molecule has 0 spiro atoms. The number of hydrogen-bond acceptors (Lipinski definition) is 4. The van der Waals surface area contributed by atoms with Crippen LogP contribution < -0.4 is 15.4 Å². The predicted octanol–water partition coefficient (Wildman–Crippen LogP) is 2.92.